The molecule has 1 saturated heterocycles. The van der Waals surface area contributed by atoms with Crippen molar-refractivity contribution in [2.45, 2.75) is 19.9 Å². The first kappa shape index (κ1) is 18.1. The topological polar surface area (TPSA) is 48.6 Å². The zero-order valence-corrected chi connectivity index (χ0v) is 16.6. The third kappa shape index (κ3) is 3.47. The number of nitrogens with zero attached hydrogens (tertiary/aromatic N) is 2. The second kappa shape index (κ2) is 7.74. The number of aromatic nitrogens is 1. The molecule has 1 unspecified atom stereocenters. The second-order valence-corrected chi connectivity index (χ2v) is 7.83. The number of aryl methyl sites for hydroxylation is 1. The zero-order chi connectivity index (χ0) is 18.8. The van der Waals surface area contributed by atoms with E-state index in [9.17, 15) is 4.79 Å². The molecule has 1 N–H and O–H groups in total. The minimum absolute atomic E-state index is 0.200. The summed E-state index contributed by atoms with van der Waals surface area (Å²) in [7, 11) is 0. The van der Waals surface area contributed by atoms with Gasteiger partial charge in [0.25, 0.3) is 0 Å². The Bertz CT molecular complexity index is 911. The lowest BCUT2D eigenvalue weighted by Crippen LogP contribution is -2.50. The Kier molecular flexibility index (Phi) is 5.18. The van der Waals surface area contributed by atoms with Gasteiger partial charge in [0.2, 0.25) is 0 Å². The van der Waals surface area contributed by atoms with Gasteiger partial charge in [-0.05, 0) is 31.4 Å². The number of H-pyrrole nitrogens is 1. The molecule has 5 nitrogen and oxygen atoms in total. The minimum atomic E-state index is -0.201. The summed E-state index contributed by atoms with van der Waals surface area (Å²) >= 11 is 1.79. The number of ether oxygens (including phenoxy) is 1. The Morgan fingerprint density at radius 2 is 1.96 bits per heavy atom. The van der Waals surface area contributed by atoms with Crippen LogP contribution in [-0.2, 0) is 4.74 Å². The number of hydrogen-bond acceptors (Lipinski definition) is 4. The number of fused-ring (bicyclic) bond motifs is 1. The van der Waals surface area contributed by atoms with Gasteiger partial charge in [0.1, 0.15) is 0 Å². The first-order chi connectivity index (χ1) is 13.2. The van der Waals surface area contributed by atoms with Crippen LogP contribution in [0.3, 0.4) is 0 Å². The number of carbonyl (C=O) groups excluding carboxylic acids is 1. The molecular formula is C21H25N3O2S. The predicted octanol–water partition coefficient (Wildman–Crippen LogP) is 4.40. The molecule has 4 rings (SSSR count). The molecule has 2 aromatic heterocycles. The number of carbonyl (C=O) groups is 1. The van der Waals surface area contributed by atoms with E-state index in [0.29, 0.717) is 19.7 Å². The van der Waals surface area contributed by atoms with Crippen molar-refractivity contribution in [1.82, 2.24) is 14.8 Å². The smallest absolute Gasteiger partial charge is 0.409 e. The second-order valence-electron chi connectivity index (χ2n) is 6.85. The van der Waals surface area contributed by atoms with Crippen LogP contribution in [0.2, 0.25) is 0 Å². The number of amides is 1. The molecule has 1 fully saturated rings. The monoisotopic (exact) mass is 383 g/mol. The summed E-state index contributed by atoms with van der Waals surface area (Å²) in [5.74, 6) is 0. The van der Waals surface area contributed by atoms with Gasteiger partial charge >= 0.3 is 6.09 Å². The maximum absolute atomic E-state index is 12.0. The molecule has 1 atom stereocenters. The summed E-state index contributed by atoms with van der Waals surface area (Å²) in [6.07, 6.45) is -0.201. The van der Waals surface area contributed by atoms with Crippen molar-refractivity contribution in [3.63, 3.8) is 0 Å². The van der Waals surface area contributed by atoms with Gasteiger partial charge < -0.3 is 14.6 Å². The van der Waals surface area contributed by atoms with E-state index >= 15 is 0 Å². The van der Waals surface area contributed by atoms with Gasteiger partial charge in [-0.2, -0.15) is 0 Å². The molecule has 1 amide bonds. The molecule has 3 aromatic rings. The van der Waals surface area contributed by atoms with Crippen LogP contribution in [-0.4, -0.2) is 53.7 Å². The maximum Gasteiger partial charge on any atom is 0.409 e. The summed E-state index contributed by atoms with van der Waals surface area (Å²) in [4.78, 5) is 21.2. The predicted molar refractivity (Wildman–Crippen MR) is 109 cm³/mol. The molecule has 0 bridgehead atoms. The summed E-state index contributed by atoms with van der Waals surface area (Å²) in [6, 6.07) is 13.0. The Balaban J connectivity index is 1.66. The first-order valence-electron chi connectivity index (χ1n) is 9.45. The highest BCUT2D eigenvalue weighted by molar-refractivity contribution is 7.10. The van der Waals surface area contributed by atoms with E-state index in [1.165, 1.54) is 27.0 Å². The summed E-state index contributed by atoms with van der Waals surface area (Å²) in [5.41, 5.74) is 3.73. The van der Waals surface area contributed by atoms with Crippen LogP contribution >= 0.6 is 11.3 Å². The normalized spacial score (nSPS) is 16.6. The van der Waals surface area contributed by atoms with Gasteiger partial charge in [0.15, 0.2) is 0 Å². The van der Waals surface area contributed by atoms with E-state index < -0.39 is 0 Å². The van der Waals surface area contributed by atoms with E-state index in [4.69, 9.17) is 4.74 Å². The SMILES string of the molecule is CCOC(=O)N1CCN(C(c2cccs2)c2c(C)[nH]c3ccccc23)CC1. The fourth-order valence-electron chi connectivity index (χ4n) is 3.98. The van der Waals surface area contributed by atoms with Gasteiger partial charge in [-0.25, -0.2) is 4.79 Å². The Morgan fingerprint density at radius 3 is 2.67 bits per heavy atom. The molecule has 0 spiro atoms. The molecule has 0 radical (unpaired) electrons. The number of nitrogens with one attached hydrogen (secondary N) is 1. The zero-order valence-electron chi connectivity index (χ0n) is 15.8. The molecule has 27 heavy (non-hydrogen) atoms. The Hall–Kier alpha value is -2.31. The molecule has 0 saturated carbocycles. The largest absolute Gasteiger partial charge is 0.450 e. The van der Waals surface area contributed by atoms with E-state index in [2.05, 4.69) is 58.6 Å². The van der Waals surface area contributed by atoms with Crippen molar-refractivity contribution >= 4 is 28.3 Å². The van der Waals surface area contributed by atoms with E-state index in [0.717, 1.165) is 13.1 Å². The van der Waals surface area contributed by atoms with E-state index in [1.807, 2.05) is 11.8 Å². The maximum atomic E-state index is 12.0. The van der Waals surface area contributed by atoms with Crippen LogP contribution in [0, 0.1) is 6.92 Å². The highest BCUT2D eigenvalue weighted by Crippen LogP contribution is 2.38. The number of benzene rings is 1. The fourth-order valence-corrected chi connectivity index (χ4v) is 4.85. The minimum Gasteiger partial charge on any atom is -0.450 e. The van der Waals surface area contributed by atoms with Crippen LogP contribution in [0.5, 0.6) is 0 Å². The molecule has 142 valence electrons. The summed E-state index contributed by atoms with van der Waals surface area (Å²) < 4.78 is 5.16. The summed E-state index contributed by atoms with van der Waals surface area (Å²) in [6.45, 7) is 7.49. The van der Waals surface area contributed by atoms with Crippen LogP contribution in [0.15, 0.2) is 41.8 Å². The first-order valence-corrected chi connectivity index (χ1v) is 10.3. The van der Waals surface area contributed by atoms with Crippen LogP contribution < -0.4 is 0 Å². The number of para-hydroxylation sites is 1. The molecule has 0 aliphatic carbocycles. The average molecular weight is 384 g/mol. The van der Waals surface area contributed by atoms with Crippen molar-refractivity contribution in [3.8, 4) is 0 Å². The lowest BCUT2D eigenvalue weighted by atomic mass is 9.99. The number of thiophene rings is 1. The fraction of sp³-hybridized carbons (Fsp3) is 0.381. The Labute approximate surface area is 163 Å². The third-order valence-electron chi connectivity index (χ3n) is 5.23. The molecule has 1 aromatic carbocycles. The van der Waals surface area contributed by atoms with Crippen molar-refractivity contribution < 1.29 is 9.53 Å². The molecular weight excluding hydrogens is 358 g/mol. The van der Waals surface area contributed by atoms with Gasteiger partial charge in [-0.3, -0.25) is 4.90 Å². The number of aromatic amines is 1. The van der Waals surface area contributed by atoms with Gasteiger partial charge in [0, 0.05) is 53.2 Å². The van der Waals surface area contributed by atoms with Crippen LogP contribution in [0.1, 0.15) is 29.1 Å². The van der Waals surface area contributed by atoms with Gasteiger partial charge in [-0.1, -0.05) is 24.3 Å². The quantitative estimate of drug-likeness (QED) is 0.726. The average Bonchev–Trinajstić information content (AvgIpc) is 3.32. The van der Waals surface area contributed by atoms with E-state index in [1.54, 1.807) is 11.3 Å². The molecule has 6 heteroatoms. The van der Waals surface area contributed by atoms with Crippen molar-refractivity contribution in [3.05, 3.63) is 57.9 Å². The van der Waals surface area contributed by atoms with Gasteiger partial charge in [-0.15, -0.1) is 11.3 Å². The summed E-state index contributed by atoms with van der Waals surface area (Å²) in [5, 5.41) is 3.42. The molecule has 3 heterocycles. The lowest BCUT2D eigenvalue weighted by Gasteiger charge is -2.38. The Morgan fingerprint density at radius 1 is 1.19 bits per heavy atom. The van der Waals surface area contributed by atoms with Crippen molar-refractivity contribution in [2.75, 3.05) is 32.8 Å². The lowest BCUT2D eigenvalue weighted by molar-refractivity contribution is 0.0720. The molecule has 1 aliphatic rings. The highest BCUT2D eigenvalue weighted by atomic mass is 32.1. The molecule has 1 aliphatic heterocycles. The van der Waals surface area contributed by atoms with Gasteiger partial charge in [0.05, 0.1) is 12.6 Å². The standard InChI is InChI=1S/C21H25N3O2S/c1-3-26-21(25)24-12-10-23(11-13-24)20(18-9-6-14-27-18)19-15(2)22-17-8-5-4-7-16(17)19/h4-9,14,20,22H,3,10-13H2,1-2H3. The van der Waals surface area contributed by atoms with Crippen molar-refractivity contribution in [2.24, 2.45) is 0 Å². The number of rotatable bonds is 4. The van der Waals surface area contributed by atoms with Crippen LogP contribution in [0.25, 0.3) is 10.9 Å². The number of hydrogen-bond donors (Lipinski definition) is 1. The number of piperazine rings is 1. The van der Waals surface area contributed by atoms with E-state index in [-0.39, 0.29) is 12.1 Å². The third-order valence-corrected chi connectivity index (χ3v) is 6.16. The highest BCUT2D eigenvalue weighted by Gasteiger charge is 2.31. The van der Waals surface area contributed by atoms with Crippen LogP contribution in [0.4, 0.5) is 4.79 Å². The van der Waals surface area contributed by atoms with Crippen molar-refractivity contribution in [1.29, 1.82) is 0 Å².